The monoisotopic (exact) mass is 524 g/mol. The van der Waals surface area contributed by atoms with Gasteiger partial charge in [0.15, 0.2) is 17.0 Å². The summed E-state index contributed by atoms with van der Waals surface area (Å²) in [4.78, 5) is 29.9. The number of esters is 1. The quantitative estimate of drug-likeness (QED) is 0.347. The number of aryl methyl sites for hydroxylation is 1. The molecule has 0 spiro atoms. The largest absolute Gasteiger partial charge is 0.497 e. The van der Waals surface area contributed by atoms with Gasteiger partial charge in [-0.05, 0) is 31.2 Å². The van der Waals surface area contributed by atoms with E-state index in [-0.39, 0.29) is 26.9 Å². The lowest BCUT2D eigenvalue weighted by molar-refractivity contribution is -0.142. The molecule has 0 bridgehead atoms. The van der Waals surface area contributed by atoms with Crippen molar-refractivity contribution >= 4 is 45.5 Å². The molecule has 1 amide bonds. The van der Waals surface area contributed by atoms with Gasteiger partial charge in [-0.1, -0.05) is 23.7 Å². The number of fused-ring (bicyclic) bond motifs is 1. The third-order valence-corrected chi connectivity index (χ3v) is 6.21. The molecule has 0 atom stereocenters. The first-order valence-corrected chi connectivity index (χ1v) is 11.0. The van der Waals surface area contributed by atoms with Crippen molar-refractivity contribution in [1.82, 2.24) is 14.6 Å². The number of aromatic nitrogens is 3. The van der Waals surface area contributed by atoms with Gasteiger partial charge in [0, 0.05) is 10.4 Å². The maximum Gasteiger partial charge on any atom is 0.433 e. The highest BCUT2D eigenvalue weighted by Gasteiger charge is 2.37. The van der Waals surface area contributed by atoms with Crippen LogP contribution >= 0.6 is 22.9 Å². The van der Waals surface area contributed by atoms with Crippen molar-refractivity contribution in [2.24, 2.45) is 0 Å². The van der Waals surface area contributed by atoms with Gasteiger partial charge in [-0.2, -0.15) is 18.3 Å². The molecule has 4 aromatic rings. The third kappa shape index (κ3) is 4.66. The lowest BCUT2D eigenvalue weighted by Crippen LogP contribution is -2.16. The van der Waals surface area contributed by atoms with Crippen molar-refractivity contribution in [2.45, 2.75) is 13.1 Å². The number of nitrogens with one attached hydrogen (secondary N) is 1. The Balaban J connectivity index is 1.83. The number of rotatable bonds is 5. The summed E-state index contributed by atoms with van der Waals surface area (Å²) in [6.45, 7) is 1.71. The summed E-state index contributed by atoms with van der Waals surface area (Å²) in [6, 6.07) is 8.64. The molecule has 0 fully saturated rings. The number of hydrogen-bond donors (Lipinski definition) is 1. The molecule has 3 aromatic heterocycles. The zero-order chi connectivity index (χ0) is 25.5. The van der Waals surface area contributed by atoms with Gasteiger partial charge < -0.3 is 14.8 Å². The summed E-state index contributed by atoms with van der Waals surface area (Å²) in [5.74, 6) is -1.18. The van der Waals surface area contributed by atoms with Crippen LogP contribution in [-0.4, -0.2) is 40.7 Å². The van der Waals surface area contributed by atoms with E-state index in [4.69, 9.17) is 21.1 Å². The highest BCUT2D eigenvalue weighted by atomic mass is 35.5. The number of benzene rings is 1. The Kier molecular flexibility index (Phi) is 6.43. The number of alkyl halides is 3. The molecule has 4 rings (SSSR count). The van der Waals surface area contributed by atoms with E-state index in [9.17, 15) is 22.8 Å². The van der Waals surface area contributed by atoms with Crippen molar-refractivity contribution in [2.75, 3.05) is 19.5 Å². The van der Waals surface area contributed by atoms with E-state index < -0.39 is 29.4 Å². The highest BCUT2D eigenvalue weighted by molar-refractivity contribution is 7.16. The van der Waals surface area contributed by atoms with Gasteiger partial charge in [0.1, 0.15) is 15.8 Å². The summed E-state index contributed by atoms with van der Waals surface area (Å²) in [7, 11) is 2.61. The van der Waals surface area contributed by atoms with E-state index >= 15 is 0 Å². The van der Waals surface area contributed by atoms with E-state index in [1.54, 1.807) is 25.1 Å². The number of ether oxygens (including phenoxy) is 2. The van der Waals surface area contributed by atoms with E-state index in [0.717, 1.165) is 17.4 Å². The van der Waals surface area contributed by atoms with Crippen molar-refractivity contribution in [1.29, 1.82) is 0 Å². The fraction of sp³-hybridized carbons (Fsp3) is 0.182. The number of amides is 1. The molecule has 0 aliphatic rings. The fourth-order valence-electron chi connectivity index (χ4n) is 3.30. The summed E-state index contributed by atoms with van der Waals surface area (Å²) < 4.78 is 52.1. The van der Waals surface area contributed by atoms with Crippen LogP contribution in [0.4, 0.5) is 18.2 Å². The van der Waals surface area contributed by atoms with E-state index in [0.29, 0.717) is 20.7 Å². The van der Waals surface area contributed by atoms with E-state index in [2.05, 4.69) is 15.4 Å². The number of thiophene rings is 1. The summed E-state index contributed by atoms with van der Waals surface area (Å²) in [6.07, 6.45) is -4.83. The molecule has 13 heteroatoms. The maximum atomic E-state index is 13.9. The van der Waals surface area contributed by atoms with Crippen molar-refractivity contribution in [3.8, 4) is 17.0 Å². The molecule has 0 aliphatic heterocycles. The minimum atomic E-state index is -4.83. The van der Waals surface area contributed by atoms with Crippen molar-refractivity contribution in [3.63, 3.8) is 0 Å². The zero-order valence-electron chi connectivity index (χ0n) is 18.4. The molecular formula is C22H16ClF3N4O4S. The first-order chi connectivity index (χ1) is 16.5. The van der Waals surface area contributed by atoms with Crippen LogP contribution in [0, 0.1) is 6.92 Å². The van der Waals surface area contributed by atoms with Crippen LogP contribution in [0.1, 0.15) is 31.4 Å². The first kappa shape index (κ1) is 24.5. The van der Waals surface area contributed by atoms with Crippen molar-refractivity contribution < 1.29 is 32.2 Å². The Labute approximate surface area is 205 Å². The molecular weight excluding hydrogens is 509 g/mol. The summed E-state index contributed by atoms with van der Waals surface area (Å²) in [5.41, 5.74) is -1.63. The maximum absolute atomic E-state index is 13.9. The average molecular weight is 525 g/mol. The highest BCUT2D eigenvalue weighted by Crippen LogP contribution is 2.36. The number of carbonyl (C=O) groups is 2. The topological polar surface area (TPSA) is 94.8 Å². The number of nitrogens with zero attached hydrogens (tertiary/aromatic N) is 3. The smallest absolute Gasteiger partial charge is 0.433 e. The second-order valence-corrected chi connectivity index (χ2v) is 8.83. The zero-order valence-corrected chi connectivity index (χ0v) is 19.9. The van der Waals surface area contributed by atoms with Gasteiger partial charge in [0.25, 0.3) is 5.91 Å². The van der Waals surface area contributed by atoms with Gasteiger partial charge in [0.2, 0.25) is 0 Å². The normalized spacial score (nSPS) is 11.5. The Morgan fingerprint density at radius 1 is 1.17 bits per heavy atom. The van der Waals surface area contributed by atoms with Crippen LogP contribution in [0.2, 0.25) is 5.02 Å². The second-order valence-electron chi connectivity index (χ2n) is 7.20. The van der Waals surface area contributed by atoms with Gasteiger partial charge in [0.05, 0.1) is 25.5 Å². The van der Waals surface area contributed by atoms with Crippen molar-refractivity contribution in [3.05, 3.63) is 63.2 Å². The standard InChI is InChI=1S/C22H16ClF3N4O4S/c1-10-7-13(21(32)34-3)20(35-10)28-19(31)17-16(23)18-27-14(11-5-4-6-12(8-11)33-2)9-15(22(24,25)26)30(18)29-17/h4-9H,1-3H3,(H,28,31). The molecule has 0 saturated carbocycles. The summed E-state index contributed by atoms with van der Waals surface area (Å²) >= 11 is 7.39. The minimum absolute atomic E-state index is 0.0423. The number of methoxy groups -OCH3 is 2. The Morgan fingerprint density at radius 2 is 1.91 bits per heavy atom. The van der Waals surface area contributed by atoms with E-state index in [1.807, 2.05) is 0 Å². The number of halogens is 4. The molecule has 0 unspecified atom stereocenters. The minimum Gasteiger partial charge on any atom is -0.497 e. The van der Waals surface area contributed by atoms with Gasteiger partial charge >= 0.3 is 12.1 Å². The third-order valence-electron chi connectivity index (χ3n) is 4.89. The van der Waals surface area contributed by atoms with Crippen LogP contribution in [0.25, 0.3) is 16.9 Å². The molecule has 182 valence electrons. The van der Waals surface area contributed by atoms with Gasteiger partial charge in [-0.3, -0.25) is 4.79 Å². The van der Waals surface area contributed by atoms with Gasteiger partial charge in [-0.15, -0.1) is 11.3 Å². The van der Waals surface area contributed by atoms with Crippen LogP contribution in [-0.2, 0) is 10.9 Å². The molecule has 8 nitrogen and oxygen atoms in total. The molecule has 0 saturated heterocycles. The van der Waals surface area contributed by atoms with Crippen LogP contribution in [0.5, 0.6) is 5.75 Å². The van der Waals surface area contributed by atoms with Crippen LogP contribution in [0.3, 0.4) is 0 Å². The lowest BCUT2D eigenvalue weighted by atomic mass is 10.1. The van der Waals surface area contributed by atoms with Gasteiger partial charge in [-0.25, -0.2) is 14.3 Å². The molecule has 3 heterocycles. The molecule has 0 aliphatic carbocycles. The lowest BCUT2D eigenvalue weighted by Gasteiger charge is -2.11. The molecule has 35 heavy (non-hydrogen) atoms. The molecule has 1 aromatic carbocycles. The first-order valence-electron chi connectivity index (χ1n) is 9.84. The predicted octanol–water partition coefficient (Wildman–Crippen LogP) is 5.49. The molecule has 1 N–H and O–H groups in total. The summed E-state index contributed by atoms with van der Waals surface area (Å²) in [5, 5.41) is 6.04. The SMILES string of the molecule is COC(=O)c1cc(C)sc1NC(=O)c1nn2c(C(F)(F)F)cc(-c3cccc(OC)c3)nc2c1Cl. The number of carbonyl (C=O) groups excluding carboxylic acids is 2. The Bertz CT molecular complexity index is 1470. The fourth-order valence-corrected chi connectivity index (χ4v) is 4.44. The van der Waals surface area contributed by atoms with Crippen LogP contribution in [0.15, 0.2) is 36.4 Å². The Hall–Kier alpha value is -3.64. The number of anilines is 1. The average Bonchev–Trinajstić information content (AvgIpc) is 3.36. The molecule has 0 radical (unpaired) electrons. The van der Waals surface area contributed by atoms with Crippen LogP contribution < -0.4 is 10.1 Å². The van der Waals surface area contributed by atoms with E-state index in [1.165, 1.54) is 26.4 Å². The predicted molar refractivity (Wildman–Crippen MR) is 123 cm³/mol. The second kappa shape index (κ2) is 9.19. The number of hydrogen-bond acceptors (Lipinski definition) is 7. The Morgan fingerprint density at radius 3 is 2.57 bits per heavy atom.